The number of hydrogen-bond acceptors (Lipinski definition) is 2. The van der Waals surface area contributed by atoms with Gasteiger partial charge in [-0.1, -0.05) is 43.7 Å². The van der Waals surface area contributed by atoms with Crippen molar-refractivity contribution < 1.29 is 9.90 Å². The molecule has 1 N–H and O–H groups in total. The minimum atomic E-state index is -0.664. The summed E-state index contributed by atoms with van der Waals surface area (Å²) in [6, 6.07) is 10.1. The molecule has 0 spiro atoms. The number of nitrogens with zero attached hydrogens (tertiary/aromatic N) is 1. The molecule has 0 bridgehead atoms. The van der Waals surface area contributed by atoms with E-state index in [0.29, 0.717) is 5.92 Å². The number of likely N-dealkylation sites (tertiary alicyclic amines) is 1. The third-order valence-electron chi connectivity index (χ3n) is 4.12. The summed E-state index contributed by atoms with van der Waals surface area (Å²) in [6.07, 6.45) is 4.00. The third-order valence-corrected chi connectivity index (χ3v) is 4.12. The number of rotatable bonds is 5. The summed E-state index contributed by atoms with van der Waals surface area (Å²) in [5.41, 5.74) is 1.32. The van der Waals surface area contributed by atoms with Crippen molar-refractivity contribution in [2.24, 2.45) is 0 Å². The summed E-state index contributed by atoms with van der Waals surface area (Å²) >= 11 is 0. The van der Waals surface area contributed by atoms with E-state index in [1.54, 1.807) is 0 Å². The largest absolute Gasteiger partial charge is 0.480 e. The van der Waals surface area contributed by atoms with E-state index in [9.17, 15) is 9.90 Å². The van der Waals surface area contributed by atoms with Gasteiger partial charge in [0.15, 0.2) is 0 Å². The first kappa shape index (κ1) is 14.1. The van der Waals surface area contributed by atoms with Crippen LogP contribution in [-0.2, 0) is 4.79 Å². The Balaban J connectivity index is 2.06. The normalized spacial score (nSPS) is 22.1. The zero-order valence-corrected chi connectivity index (χ0v) is 11.6. The van der Waals surface area contributed by atoms with Crippen LogP contribution in [0.25, 0.3) is 0 Å². The third kappa shape index (κ3) is 3.57. The molecule has 0 saturated carbocycles. The molecule has 3 heteroatoms. The number of aliphatic carboxylic acids is 1. The molecular formula is C16H23NO2. The predicted octanol–water partition coefficient (Wildman–Crippen LogP) is 3.12. The van der Waals surface area contributed by atoms with Crippen molar-refractivity contribution in [1.29, 1.82) is 0 Å². The van der Waals surface area contributed by atoms with Gasteiger partial charge in [-0.2, -0.15) is 0 Å². The van der Waals surface area contributed by atoms with Crippen molar-refractivity contribution in [1.82, 2.24) is 4.90 Å². The van der Waals surface area contributed by atoms with Crippen LogP contribution in [0.1, 0.15) is 44.1 Å². The lowest BCUT2D eigenvalue weighted by atomic mass is 9.93. The Morgan fingerprint density at radius 2 is 2.11 bits per heavy atom. The smallest absolute Gasteiger partial charge is 0.320 e. The van der Waals surface area contributed by atoms with Crippen LogP contribution in [0.3, 0.4) is 0 Å². The molecule has 1 fully saturated rings. The number of piperidine rings is 1. The summed E-state index contributed by atoms with van der Waals surface area (Å²) < 4.78 is 0. The van der Waals surface area contributed by atoms with E-state index in [4.69, 9.17) is 0 Å². The maximum atomic E-state index is 11.3. The van der Waals surface area contributed by atoms with Gasteiger partial charge in [0.05, 0.1) is 0 Å². The van der Waals surface area contributed by atoms with Gasteiger partial charge in [0.1, 0.15) is 6.04 Å². The fourth-order valence-electron chi connectivity index (χ4n) is 2.97. The molecule has 0 radical (unpaired) electrons. The van der Waals surface area contributed by atoms with Crippen molar-refractivity contribution in [3.63, 3.8) is 0 Å². The molecule has 1 aromatic carbocycles. The number of carboxylic acids is 1. The fourth-order valence-corrected chi connectivity index (χ4v) is 2.97. The summed E-state index contributed by atoms with van der Waals surface area (Å²) in [5.74, 6) is -0.233. The highest BCUT2D eigenvalue weighted by Crippen LogP contribution is 2.25. The Labute approximate surface area is 115 Å². The van der Waals surface area contributed by atoms with E-state index in [1.807, 2.05) is 6.07 Å². The summed E-state index contributed by atoms with van der Waals surface area (Å²) in [4.78, 5) is 13.5. The highest BCUT2D eigenvalue weighted by atomic mass is 16.4. The molecule has 0 amide bonds. The maximum Gasteiger partial charge on any atom is 0.320 e. The second-order valence-corrected chi connectivity index (χ2v) is 5.36. The molecule has 2 atom stereocenters. The topological polar surface area (TPSA) is 40.5 Å². The average molecular weight is 261 g/mol. The monoisotopic (exact) mass is 261 g/mol. The first-order chi connectivity index (χ1) is 9.22. The van der Waals surface area contributed by atoms with Crippen LogP contribution in [0.2, 0.25) is 0 Å². The molecule has 1 aliphatic heterocycles. The van der Waals surface area contributed by atoms with Gasteiger partial charge in [-0.3, -0.25) is 9.69 Å². The van der Waals surface area contributed by atoms with E-state index in [0.717, 1.165) is 38.8 Å². The van der Waals surface area contributed by atoms with Crippen molar-refractivity contribution in [2.45, 2.75) is 44.6 Å². The van der Waals surface area contributed by atoms with Crippen molar-refractivity contribution in [3.8, 4) is 0 Å². The standard InChI is InChI=1S/C16H23NO2/c1-2-13(14-8-4-3-5-9-14)12-17-11-7-6-10-15(17)16(18)19/h3-5,8-9,13,15H,2,6-7,10-12H2,1H3,(H,18,19). The summed E-state index contributed by atoms with van der Waals surface area (Å²) in [5, 5.41) is 9.32. The molecule has 1 aromatic rings. The predicted molar refractivity (Wildman–Crippen MR) is 76.3 cm³/mol. The zero-order valence-electron chi connectivity index (χ0n) is 11.6. The number of carboxylic acid groups (broad SMARTS) is 1. The van der Waals surface area contributed by atoms with Gasteiger partial charge >= 0.3 is 5.97 Å². The van der Waals surface area contributed by atoms with Crippen LogP contribution in [0.4, 0.5) is 0 Å². The average Bonchev–Trinajstić information content (AvgIpc) is 2.46. The van der Waals surface area contributed by atoms with Crippen molar-refractivity contribution in [2.75, 3.05) is 13.1 Å². The molecule has 0 aromatic heterocycles. The molecule has 1 heterocycles. The fraction of sp³-hybridized carbons (Fsp3) is 0.562. The number of benzene rings is 1. The first-order valence-corrected chi connectivity index (χ1v) is 7.24. The maximum absolute atomic E-state index is 11.3. The minimum absolute atomic E-state index is 0.286. The number of carbonyl (C=O) groups is 1. The molecule has 2 rings (SSSR count). The molecule has 104 valence electrons. The van der Waals surface area contributed by atoms with Crippen LogP contribution < -0.4 is 0 Å². The van der Waals surface area contributed by atoms with Gasteiger partial charge in [-0.15, -0.1) is 0 Å². The molecule has 19 heavy (non-hydrogen) atoms. The van der Waals surface area contributed by atoms with Crippen LogP contribution in [0, 0.1) is 0 Å². The molecule has 1 saturated heterocycles. The molecule has 0 aliphatic carbocycles. The SMILES string of the molecule is CCC(CN1CCCCC1C(=O)O)c1ccccc1. The molecule has 3 nitrogen and oxygen atoms in total. The Kier molecular flexibility index (Phi) is 4.97. The van der Waals surface area contributed by atoms with Crippen LogP contribution in [-0.4, -0.2) is 35.1 Å². The molecular weight excluding hydrogens is 238 g/mol. The lowest BCUT2D eigenvalue weighted by molar-refractivity contribution is -0.144. The van der Waals surface area contributed by atoms with Gasteiger partial charge in [0.2, 0.25) is 0 Å². The van der Waals surface area contributed by atoms with Crippen LogP contribution >= 0.6 is 0 Å². The quantitative estimate of drug-likeness (QED) is 0.885. The van der Waals surface area contributed by atoms with E-state index < -0.39 is 5.97 Å². The van der Waals surface area contributed by atoms with Gasteiger partial charge in [0.25, 0.3) is 0 Å². The Hall–Kier alpha value is -1.35. The Bertz CT molecular complexity index is 404. The van der Waals surface area contributed by atoms with Crippen LogP contribution in [0.15, 0.2) is 30.3 Å². The van der Waals surface area contributed by atoms with Crippen LogP contribution in [0.5, 0.6) is 0 Å². The van der Waals surface area contributed by atoms with Gasteiger partial charge in [-0.05, 0) is 37.3 Å². The second-order valence-electron chi connectivity index (χ2n) is 5.36. The Morgan fingerprint density at radius 1 is 1.37 bits per heavy atom. The highest BCUT2D eigenvalue weighted by molar-refractivity contribution is 5.73. The molecule has 1 aliphatic rings. The van der Waals surface area contributed by atoms with Crippen molar-refractivity contribution in [3.05, 3.63) is 35.9 Å². The van der Waals surface area contributed by atoms with Gasteiger partial charge in [-0.25, -0.2) is 0 Å². The van der Waals surface area contributed by atoms with E-state index in [2.05, 4.69) is 36.1 Å². The Morgan fingerprint density at radius 3 is 2.74 bits per heavy atom. The van der Waals surface area contributed by atoms with E-state index in [1.165, 1.54) is 5.56 Å². The van der Waals surface area contributed by atoms with E-state index >= 15 is 0 Å². The lowest BCUT2D eigenvalue weighted by Crippen LogP contribution is -2.46. The number of hydrogen-bond donors (Lipinski definition) is 1. The highest BCUT2D eigenvalue weighted by Gasteiger charge is 2.29. The lowest BCUT2D eigenvalue weighted by Gasteiger charge is -2.35. The van der Waals surface area contributed by atoms with Crippen molar-refractivity contribution >= 4 is 5.97 Å². The molecule has 2 unspecified atom stereocenters. The minimum Gasteiger partial charge on any atom is -0.480 e. The summed E-state index contributed by atoms with van der Waals surface area (Å²) in [7, 11) is 0. The second kappa shape index (κ2) is 6.71. The zero-order chi connectivity index (χ0) is 13.7. The van der Waals surface area contributed by atoms with E-state index in [-0.39, 0.29) is 6.04 Å². The van der Waals surface area contributed by atoms with Gasteiger partial charge < -0.3 is 5.11 Å². The summed E-state index contributed by atoms with van der Waals surface area (Å²) in [6.45, 7) is 3.95. The van der Waals surface area contributed by atoms with Gasteiger partial charge in [0, 0.05) is 6.54 Å². The first-order valence-electron chi connectivity index (χ1n) is 7.24.